The molecule has 8 heteroatoms. The lowest BCUT2D eigenvalue weighted by Gasteiger charge is -2.23. The molecule has 0 saturated carbocycles. The second-order valence-electron chi connectivity index (χ2n) is 7.91. The molecule has 0 unspecified atom stereocenters. The van der Waals surface area contributed by atoms with E-state index in [0.29, 0.717) is 24.5 Å². The van der Waals surface area contributed by atoms with Gasteiger partial charge in [-0.25, -0.2) is 0 Å². The number of nitrogens with zero attached hydrogens (tertiary/aromatic N) is 2. The molecule has 0 spiro atoms. The van der Waals surface area contributed by atoms with E-state index in [9.17, 15) is 4.79 Å². The molecule has 0 aliphatic carbocycles. The van der Waals surface area contributed by atoms with Crippen LogP contribution in [0.3, 0.4) is 0 Å². The largest absolute Gasteiger partial charge is 0.385 e. The molecule has 0 aliphatic rings. The molecule has 8 nitrogen and oxygen atoms in total. The summed E-state index contributed by atoms with van der Waals surface area (Å²) < 4.78 is 0. The molecule has 0 aromatic heterocycles. The van der Waals surface area contributed by atoms with Crippen LogP contribution in [0.5, 0.6) is 0 Å². The SMILES string of the molecule is CC.CC(C)(/C=N/N)CCCCC(=O)CCCCC(C)(C)/C(N)=N/N.CNN. The highest BCUT2D eigenvalue weighted by atomic mass is 16.1. The lowest BCUT2D eigenvalue weighted by Crippen LogP contribution is -2.32. The molecule has 0 radical (unpaired) electrons. The van der Waals surface area contributed by atoms with E-state index in [1.165, 1.54) is 0 Å². The van der Waals surface area contributed by atoms with Crippen molar-refractivity contribution >= 4 is 17.8 Å². The summed E-state index contributed by atoms with van der Waals surface area (Å²) in [6.07, 6.45) is 8.74. The zero-order chi connectivity index (χ0) is 22.6. The van der Waals surface area contributed by atoms with Crippen molar-refractivity contribution in [2.45, 2.75) is 92.9 Å². The summed E-state index contributed by atoms with van der Waals surface area (Å²) in [5.41, 5.74) is 7.83. The monoisotopic (exact) mass is 401 g/mol. The topological polar surface area (TPSA) is 158 Å². The number of hydrazine groups is 1. The number of amidine groups is 1. The minimum absolute atomic E-state index is 0.00779. The van der Waals surface area contributed by atoms with Crippen molar-refractivity contribution in [3.05, 3.63) is 0 Å². The van der Waals surface area contributed by atoms with Gasteiger partial charge in [0.25, 0.3) is 0 Å². The van der Waals surface area contributed by atoms with Gasteiger partial charge in [-0.15, -0.1) is 0 Å². The standard InChI is InChI=1S/C17H35N5O.C2H6.CH6N2/c1-16(2,13-21-19)11-7-5-9-14(23)10-6-8-12-17(3,4)15(18)22-20;1-2;1-3-2/h13H,5-12,19-20H2,1-4H3,(H2,18,22);1-2H3;3H,2H2,1H3/b21-13+;;. The van der Waals surface area contributed by atoms with Crippen molar-refractivity contribution < 1.29 is 4.79 Å². The summed E-state index contributed by atoms with van der Waals surface area (Å²) in [5, 5.41) is 7.16. The van der Waals surface area contributed by atoms with Gasteiger partial charge >= 0.3 is 0 Å². The summed E-state index contributed by atoms with van der Waals surface area (Å²) in [6.45, 7) is 12.2. The predicted octanol–water partition coefficient (Wildman–Crippen LogP) is 3.01. The Bertz CT molecular complexity index is 432. The molecule has 0 rings (SSSR count). The fourth-order valence-corrected chi connectivity index (χ4v) is 2.49. The zero-order valence-electron chi connectivity index (χ0n) is 19.3. The van der Waals surface area contributed by atoms with Gasteiger partial charge in [0.1, 0.15) is 11.6 Å². The van der Waals surface area contributed by atoms with Crippen LogP contribution in [-0.4, -0.2) is 24.9 Å². The van der Waals surface area contributed by atoms with Gasteiger partial charge in [0, 0.05) is 29.9 Å². The first kappa shape index (κ1) is 31.0. The highest BCUT2D eigenvalue weighted by molar-refractivity contribution is 5.85. The van der Waals surface area contributed by atoms with Crippen LogP contribution >= 0.6 is 0 Å². The molecule has 0 aliphatic heterocycles. The maximum Gasteiger partial charge on any atom is 0.132 e. The molecule has 0 fully saturated rings. The molecule has 0 aromatic rings. The van der Waals surface area contributed by atoms with Gasteiger partial charge in [-0.05, 0) is 32.7 Å². The Hall–Kier alpha value is -1.67. The summed E-state index contributed by atoms with van der Waals surface area (Å²) in [4.78, 5) is 11.9. The van der Waals surface area contributed by atoms with Gasteiger partial charge in [-0.1, -0.05) is 54.4 Å². The van der Waals surface area contributed by atoms with Crippen molar-refractivity contribution in [1.29, 1.82) is 0 Å². The second-order valence-corrected chi connectivity index (χ2v) is 7.91. The third-order valence-electron chi connectivity index (χ3n) is 4.29. The van der Waals surface area contributed by atoms with Crippen LogP contribution < -0.4 is 28.7 Å². The summed E-state index contributed by atoms with van der Waals surface area (Å²) in [5.74, 6) is 15.8. The number of ketones is 1. The van der Waals surface area contributed by atoms with Gasteiger partial charge in [-0.2, -0.15) is 10.2 Å². The number of Topliss-reactive ketones (excluding diaryl/α,β-unsaturated/α-hetero) is 1. The van der Waals surface area contributed by atoms with Gasteiger partial charge in [0.05, 0.1) is 0 Å². The van der Waals surface area contributed by atoms with Crippen LogP contribution in [0.15, 0.2) is 10.2 Å². The number of hydrogen-bond donors (Lipinski definition) is 5. The van der Waals surface area contributed by atoms with Crippen molar-refractivity contribution in [1.82, 2.24) is 5.43 Å². The van der Waals surface area contributed by atoms with E-state index >= 15 is 0 Å². The average molecular weight is 402 g/mol. The molecule has 0 heterocycles. The van der Waals surface area contributed by atoms with Crippen LogP contribution in [0.25, 0.3) is 0 Å². The van der Waals surface area contributed by atoms with Gasteiger partial charge < -0.3 is 17.4 Å². The molecule has 9 N–H and O–H groups in total. The lowest BCUT2D eigenvalue weighted by atomic mass is 9.85. The first-order chi connectivity index (χ1) is 13.1. The van der Waals surface area contributed by atoms with Crippen molar-refractivity contribution in [3.63, 3.8) is 0 Å². The average Bonchev–Trinajstić information content (AvgIpc) is 2.64. The lowest BCUT2D eigenvalue weighted by molar-refractivity contribution is -0.119. The van der Waals surface area contributed by atoms with Crippen LogP contribution in [0.4, 0.5) is 0 Å². The Morgan fingerprint density at radius 1 is 0.964 bits per heavy atom. The molecule has 0 aromatic carbocycles. The number of nitrogens with two attached hydrogens (primary N) is 4. The summed E-state index contributed by atoms with van der Waals surface area (Å²) >= 11 is 0. The first-order valence-corrected chi connectivity index (χ1v) is 10.2. The number of carbonyl (C=O) groups is 1. The van der Waals surface area contributed by atoms with E-state index in [-0.39, 0.29) is 10.8 Å². The maximum atomic E-state index is 11.9. The minimum atomic E-state index is -0.200. The van der Waals surface area contributed by atoms with Crippen LogP contribution in [0.1, 0.15) is 92.9 Å². The Kier molecular flexibility index (Phi) is 20.7. The quantitative estimate of drug-likeness (QED) is 0.111. The van der Waals surface area contributed by atoms with Gasteiger partial charge in [0.15, 0.2) is 0 Å². The summed E-state index contributed by atoms with van der Waals surface area (Å²) in [7, 11) is 1.65. The fourth-order valence-electron chi connectivity index (χ4n) is 2.49. The highest BCUT2D eigenvalue weighted by Crippen LogP contribution is 2.24. The number of rotatable bonds is 12. The van der Waals surface area contributed by atoms with Gasteiger partial charge in [0.2, 0.25) is 0 Å². The maximum absolute atomic E-state index is 11.9. The third kappa shape index (κ3) is 19.1. The Balaban J connectivity index is -0.00000113. The van der Waals surface area contributed by atoms with E-state index in [1.807, 2.05) is 27.7 Å². The van der Waals surface area contributed by atoms with Crippen molar-refractivity contribution in [2.75, 3.05) is 7.05 Å². The van der Waals surface area contributed by atoms with Gasteiger partial charge in [-0.3, -0.25) is 16.1 Å². The number of unbranched alkanes of at least 4 members (excludes halogenated alkanes) is 2. The summed E-state index contributed by atoms with van der Waals surface area (Å²) in [6, 6.07) is 0. The predicted molar refractivity (Wildman–Crippen MR) is 123 cm³/mol. The van der Waals surface area contributed by atoms with E-state index in [2.05, 4.69) is 35.3 Å². The van der Waals surface area contributed by atoms with Crippen LogP contribution in [-0.2, 0) is 4.79 Å². The number of nitrogens with one attached hydrogen (secondary N) is 1. The second kappa shape index (κ2) is 18.7. The molecule has 0 amide bonds. The van der Waals surface area contributed by atoms with Crippen molar-refractivity contribution in [2.24, 2.45) is 44.3 Å². The number of hydrogen-bond acceptors (Lipinski definition) is 7. The van der Waals surface area contributed by atoms with Crippen LogP contribution in [0, 0.1) is 10.8 Å². The normalized spacial score (nSPS) is 12.1. The molecule has 0 bridgehead atoms. The molecular weight excluding hydrogens is 354 g/mol. The number of hydrazone groups is 2. The highest BCUT2D eigenvalue weighted by Gasteiger charge is 2.22. The Labute approximate surface area is 172 Å². The molecule has 0 saturated heterocycles. The minimum Gasteiger partial charge on any atom is -0.385 e. The smallest absolute Gasteiger partial charge is 0.132 e. The third-order valence-corrected chi connectivity index (χ3v) is 4.29. The van der Waals surface area contributed by atoms with E-state index in [0.717, 1.165) is 38.5 Å². The van der Waals surface area contributed by atoms with E-state index in [4.69, 9.17) is 17.4 Å². The molecule has 28 heavy (non-hydrogen) atoms. The molecule has 0 atom stereocenters. The number of carbonyl (C=O) groups excluding carboxylic acids is 1. The molecule has 168 valence electrons. The first-order valence-electron chi connectivity index (χ1n) is 10.2. The fraction of sp³-hybridized carbons (Fsp3) is 0.850. The van der Waals surface area contributed by atoms with Crippen LogP contribution in [0.2, 0.25) is 0 Å². The Morgan fingerprint density at radius 3 is 1.79 bits per heavy atom. The van der Waals surface area contributed by atoms with Crippen molar-refractivity contribution in [3.8, 4) is 0 Å². The zero-order valence-corrected chi connectivity index (χ0v) is 19.3. The molecular formula is C20H47N7O. The van der Waals surface area contributed by atoms with E-state index < -0.39 is 0 Å². The Morgan fingerprint density at radius 2 is 1.39 bits per heavy atom. The van der Waals surface area contributed by atoms with E-state index in [1.54, 1.807) is 13.3 Å².